The Balaban J connectivity index is 1.56. The van der Waals surface area contributed by atoms with Crippen LogP contribution in [0.2, 0.25) is 0 Å². The molecular weight excluding hydrogens is 336 g/mol. The van der Waals surface area contributed by atoms with Gasteiger partial charge in [0.05, 0.1) is 22.4 Å². The van der Waals surface area contributed by atoms with E-state index >= 15 is 0 Å². The fourth-order valence-electron chi connectivity index (χ4n) is 3.05. The number of amides is 1. The molecule has 0 fully saturated rings. The minimum Gasteiger partial charge on any atom is -0.372 e. The second kappa shape index (κ2) is 8.62. The van der Waals surface area contributed by atoms with Crippen LogP contribution in [-0.4, -0.2) is 35.5 Å². The molecule has 5 nitrogen and oxygen atoms in total. The van der Waals surface area contributed by atoms with Crippen LogP contribution in [-0.2, 0) is 0 Å². The van der Waals surface area contributed by atoms with Crippen LogP contribution in [0.25, 0.3) is 11.0 Å². The van der Waals surface area contributed by atoms with E-state index in [1.165, 1.54) is 5.69 Å². The van der Waals surface area contributed by atoms with E-state index in [2.05, 4.69) is 39.2 Å². The van der Waals surface area contributed by atoms with Crippen molar-refractivity contribution in [2.45, 2.75) is 27.2 Å². The average Bonchev–Trinajstić information content (AvgIpc) is 2.69. The van der Waals surface area contributed by atoms with Gasteiger partial charge in [-0.15, -0.1) is 0 Å². The van der Waals surface area contributed by atoms with Crippen molar-refractivity contribution >= 4 is 22.6 Å². The predicted octanol–water partition coefficient (Wildman–Crippen LogP) is 3.89. The summed E-state index contributed by atoms with van der Waals surface area (Å²) >= 11 is 0. The molecule has 2 aromatic carbocycles. The maximum Gasteiger partial charge on any atom is 0.251 e. The van der Waals surface area contributed by atoms with Gasteiger partial charge in [-0.25, -0.2) is 9.97 Å². The van der Waals surface area contributed by atoms with Crippen LogP contribution in [0.3, 0.4) is 0 Å². The highest BCUT2D eigenvalue weighted by Gasteiger charge is 2.09. The molecule has 1 aromatic heterocycles. The average molecular weight is 362 g/mol. The number of fused-ring (bicyclic) bond motifs is 1. The van der Waals surface area contributed by atoms with E-state index in [4.69, 9.17) is 0 Å². The number of carbonyl (C=O) groups is 1. The summed E-state index contributed by atoms with van der Waals surface area (Å²) in [4.78, 5) is 23.8. The first-order chi connectivity index (χ1) is 13.1. The van der Waals surface area contributed by atoms with Crippen LogP contribution in [0.4, 0.5) is 5.69 Å². The lowest BCUT2D eigenvalue weighted by molar-refractivity contribution is 0.0953. The topological polar surface area (TPSA) is 58.1 Å². The zero-order valence-electron chi connectivity index (χ0n) is 16.2. The number of rotatable bonds is 7. The number of para-hydroxylation sites is 1. The number of nitrogens with one attached hydrogen (secondary N) is 1. The lowest BCUT2D eigenvalue weighted by atomic mass is 10.1. The van der Waals surface area contributed by atoms with Gasteiger partial charge in [-0.2, -0.15) is 0 Å². The Hall–Kier alpha value is -2.95. The number of benzene rings is 2. The first-order valence-corrected chi connectivity index (χ1v) is 9.41. The van der Waals surface area contributed by atoms with E-state index in [9.17, 15) is 4.79 Å². The van der Waals surface area contributed by atoms with Gasteiger partial charge >= 0.3 is 0 Å². The third-order valence-electron chi connectivity index (χ3n) is 4.73. The first-order valence-electron chi connectivity index (χ1n) is 9.41. The van der Waals surface area contributed by atoms with Crippen LogP contribution < -0.4 is 10.2 Å². The number of anilines is 1. The standard InChI is InChI=1S/C22H26N4O/c1-4-26(19-9-6-5-7-10-19)14-8-13-23-22(27)18-11-12-20-21(15-18)25-17(3)16(2)24-20/h5-7,9-12,15H,4,8,13-14H2,1-3H3,(H,23,27). The third-order valence-corrected chi connectivity index (χ3v) is 4.73. The van der Waals surface area contributed by atoms with Gasteiger partial charge in [0.1, 0.15) is 0 Å². The molecule has 0 atom stereocenters. The van der Waals surface area contributed by atoms with Gasteiger partial charge in [-0.3, -0.25) is 4.79 Å². The van der Waals surface area contributed by atoms with E-state index in [0.29, 0.717) is 12.1 Å². The van der Waals surface area contributed by atoms with Crippen LogP contribution in [0.1, 0.15) is 35.1 Å². The Morgan fingerprint density at radius 2 is 1.70 bits per heavy atom. The second-order valence-corrected chi connectivity index (χ2v) is 6.62. The van der Waals surface area contributed by atoms with E-state index in [1.807, 2.05) is 50.2 Å². The molecule has 0 spiro atoms. The van der Waals surface area contributed by atoms with Crippen LogP contribution in [0.15, 0.2) is 48.5 Å². The summed E-state index contributed by atoms with van der Waals surface area (Å²) in [5.74, 6) is -0.0697. The quantitative estimate of drug-likeness (QED) is 0.648. The highest BCUT2D eigenvalue weighted by atomic mass is 16.1. The highest BCUT2D eigenvalue weighted by molar-refractivity contribution is 5.97. The zero-order chi connectivity index (χ0) is 19.2. The molecule has 0 saturated carbocycles. The summed E-state index contributed by atoms with van der Waals surface area (Å²) in [6, 6.07) is 15.8. The molecule has 1 N–H and O–H groups in total. The largest absolute Gasteiger partial charge is 0.372 e. The van der Waals surface area contributed by atoms with Crippen molar-refractivity contribution < 1.29 is 4.79 Å². The van der Waals surface area contributed by atoms with E-state index in [0.717, 1.165) is 41.9 Å². The monoisotopic (exact) mass is 362 g/mol. The van der Waals surface area contributed by atoms with Crippen molar-refractivity contribution in [1.82, 2.24) is 15.3 Å². The summed E-state index contributed by atoms with van der Waals surface area (Å²) in [7, 11) is 0. The molecule has 0 unspecified atom stereocenters. The lowest BCUT2D eigenvalue weighted by Crippen LogP contribution is -2.29. The van der Waals surface area contributed by atoms with E-state index < -0.39 is 0 Å². The number of hydrogen-bond acceptors (Lipinski definition) is 4. The minimum atomic E-state index is -0.0697. The maximum absolute atomic E-state index is 12.5. The van der Waals surface area contributed by atoms with Crippen molar-refractivity contribution in [3.63, 3.8) is 0 Å². The highest BCUT2D eigenvalue weighted by Crippen LogP contribution is 2.15. The SMILES string of the molecule is CCN(CCCNC(=O)c1ccc2nc(C)c(C)nc2c1)c1ccccc1. The van der Waals surface area contributed by atoms with E-state index in [1.54, 1.807) is 0 Å². The molecule has 1 heterocycles. The zero-order valence-corrected chi connectivity index (χ0v) is 16.2. The Morgan fingerprint density at radius 1 is 1.00 bits per heavy atom. The maximum atomic E-state index is 12.5. The summed E-state index contributed by atoms with van der Waals surface area (Å²) in [6.07, 6.45) is 0.889. The number of nitrogens with zero attached hydrogens (tertiary/aromatic N) is 3. The molecular formula is C22H26N4O. The normalized spacial score (nSPS) is 10.8. The smallest absolute Gasteiger partial charge is 0.251 e. The minimum absolute atomic E-state index is 0.0697. The number of hydrogen-bond donors (Lipinski definition) is 1. The van der Waals surface area contributed by atoms with Gasteiger partial charge in [0.15, 0.2) is 0 Å². The Labute approximate surface area is 160 Å². The van der Waals surface area contributed by atoms with Crippen molar-refractivity contribution in [1.29, 1.82) is 0 Å². The van der Waals surface area contributed by atoms with Gasteiger partial charge in [0.2, 0.25) is 0 Å². The molecule has 1 amide bonds. The fraction of sp³-hybridized carbons (Fsp3) is 0.318. The number of aryl methyl sites for hydroxylation is 2. The molecule has 0 aliphatic heterocycles. The Morgan fingerprint density at radius 3 is 2.41 bits per heavy atom. The summed E-state index contributed by atoms with van der Waals surface area (Å²) < 4.78 is 0. The third kappa shape index (κ3) is 4.61. The summed E-state index contributed by atoms with van der Waals surface area (Å²) in [5.41, 5.74) is 5.21. The molecule has 0 bridgehead atoms. The Bertz CT molecular complexity index is 924. The molecule has 0 radical (unpaired) electrons. The van der Waals surface area contributed by atoms with Gasteiger partial charge in [0.25, 0.3) is 5.91 Å². The molecule has 0 aliphatic rings. The molecule has 0 saturated heterocycles. The fourth-order valence-corrected chi connectivity index (χ4v) is 3.05. The van der Waals surface area contributed by atoms with Gasteiger partial charge in [-0.05, 0) is 57.5 Å². The first kappa shape index (κ1) is 18.8. The van der Waals surface area contributed by atoms with Crippen molar-refractivity contribution in [3.8, 4) is 0 Å². The summed E-state index contributed by atoms with van der Waals surface area (Å²) in [5, 5.41) is 3.01. The molecule has 3 rings (SSSR count). The van der Waals surface area contributed by atoms with Crippen LogP contribution in [0.5, 0.6) is 0 Å². The van der Waals surface area contributed by atoms with Gasteiger partial charge < -0.3 is 10.2 Å². The molecule has 140 valence electrons. The molecule has 27 heavy (non-hydrogen) atoms. The lowest BCUT2D eigenvalue weighted by Gasteiger charge is -2.23. The van der Waals surface area contributed by atoms with Gasteiger partial charge in [0, 0.05) is 30.9 Å². The van der Waals surface area contributed by atoms with Crippen molar-refractivity contribution in [2.24, 2.45) is 0 Å². The van der Waals surface area contributed by atoms with Crippen molar-refractivity contribution in [3.05, 3.63) is 65.5 Å². The second-order valence-electron chi connectivity index (χ2n) is 6.62. The number of aromatic nitrogens is 2. The molecule has 3 aromatic rings. The molecule has 5 heteroatoms. The summed E-state index contributed by atoms with van der Waals surface area (Å²) in [6.45, 7) is 8.50. The van der Waals surface area contributed by atoms with Gasteiger partial charge in [-0.1, -0.05) is 18.2 Å². The Kier molecular flexibility index (Phi) is 6.01. The van der Waals surface area contributed by atoms with Crippen molar-refractivity contribution in [2.75, 3.05) is 24.5 Å². The molecule has 0 aliphatic carbocycles. The van der Waals surface area contributed by atoms with Crippen LogP contribution in [0, 0.1) is 13.8 Å². The van der Waals surface area contributed by atoms with E-state index in [-0.39, 0.29) is 5.91 Å². The predicted molar refractivity (Wildman–Crippen MR) is 110 cm³/mol. The number of carbonyl (C=O) groups excluding carboxylic acids is 1. The van der Waals surface area contributed by atoms with Crippen LogP contribution >= 0.6 is 0 Å².